The van der Waals surface area contributed by atoms with Crippen molar-refractivity contribution < 1.29 is 9.53 Å². The zero-order chi connectivity index (χ0) is 14.4. The minimum absolute atomic E-state index is 0.104. The fourth-order valence-corrected chi connectivity index (χ4v) is 1.88. The standard InChI is InChI=1S/C16H16ClNO2/c1-12-6-8-13(9-7-12)16(19)18-10-11-20-15-5-3-2-4-14(15)17/h2-9H,10-11H2,1H3,(H,18,19). The summed E-state index contributed by atoms with van der Waals surface area (Å²) in [6.45, 7) is 2.79. The topological polar surface area (TPSA) is 38.3 Å². The predicted octanol–water partition coefficient (Wildman–Crippen LogP) is 3.46. The Morgan fingerprint density at radius 2 is 1.85 bits per heavy atom. The molecule has 2 aromatic carbocycles. The second kappa shape index (κ2) is 6.96. The fraction of sp³-hybridized carbons (Fsp3) is 0.188. The van der Waals surface area contributed by atoms with Crippen LogP contribution in [-0.4, -0.2) is 19.1 Å². The van der Waals surface area contributed by atoms with Gasteiger partial charge in [-0.2, -0.15) is 0 Å². The van der Waals surface area contributed by atoms with E-state index in [1.807, 2.05) is 31.2 Å². The van der Waals surface area contributed by atoms with Crippen molar-refractivity contribution in [1.29, 1.82) is 0 Å². The molecular weight excluding hydrogens is 274 g/mol. The highest BCUT2D eigenvalue weighted by Crippen LogP contribution is 2.22. The summed E-state index contributed by atoms with van der Waals surface area (Å²) in [4.78, 5) is 11.8. The van der Waals surface area contributed by atoms with Crippen LogP contribution in [-0.2, 0) is 0 Å². The first-order chi connectivity index (χ1) is 9.66. The summed E-state index contributed by atoms with van der Waals surface area (Å²) in [5.74, 6) is 0.520. The average molecular weight is 290 g/mol. The number of benzene rings is 2. The first kappa shape index (κ1) is 14.4. The molecule has 4 heteroatoms. The first-order valence-corrected chi connectivity index (χ1v) is 6.77. The van der Waals surface area contributed by atoms with Crippen molar-refractivity contribution in [1.82, 2.24) is 5.32 Å². The summed E-state index contributed by atoms with van der Waals surface area (Å²) in [7, 11) is 0. The van der Waals surface area contributed by atoms with Crippen molar-refractivity contribution in [3.05, 3.63) is 64.7 Å². The molecule has 0 aliphatic rings. The van der Waals surface area contributed by atoms with Gasteiger partial charge in [-0.15, -0.1) is 0 Å². The maximum Gasteiger partial charge on any atom is 0.251 e. The highest BCUT2D eigenvalue weighted by molar-refractivity contribution is 6.32. The zero-order valence-corrected chi connectivity index (χ0v) is 12.0. The van der Waals surface area contributed by atoms with Crippen LogP contribution < -0.4 is 10.1 Å². The quantitative estimate of drug-likeness (QED) is 0.856. The van der Waals surface area contributed by atoms with E-state index in [0.29, 0.717) is 29.5 Å². The van der Waals surface area contributed by atoms with Gasteiger partial charge in [-0.1, -0.05) is 41.4 Å². The molecule has 0 atom stereocenters. The third kappa shape index (κ3) is 4.00. The van der Waals surface area contributed by atoms with Gasteiger partial charge in [0.15, 0.2) is 0 Å². The predicted molar refractivity (Wildman–Crippen MR) is 80.5 cm³/mol. The summed E-state index contributed by atoms with van der Waals surface area (Å²) in [5, 5.41) is 3.37. The van der Waals surface area contributed by atoms with Crippen molar-refractivity contribution in [2.24, 2.45) is 0 Å². The molecule has 0 aliphatic heterocycles. The summed E-state index contributed by atoms with van der Waals surface area (Å²) < 4.78 is 5.50. The van der Waals surface area contributed by atoms with E-state index in [2.05, 4.69) is 5.32 Å². The molecule has 104 valence electrons. The van der Waals surface area contributed by atoms with Crippen molar-refractivity contribution >= 4 is 17.5 Å². The van der Waals surface area contributed by atoms with Crippen LogP contribution in [0.5, 0.6) is 5.75 Å². The van der Waals surface area contributed by atoms with Crippen molar-refractivity contribution in [3.63, 3.8) is 0 Å². The lowest BCUT2D eigenvalue weighted by molar-refractivity contribution is 0.0947. The Hall–Kier alpha value is -2.00. The molecule has 0 saturated carbocycles. The number of amides is 1. The van der Waals surface area contributed by atoms with Gasteiger partial charge in [-0.25, -0.2) is 0 Å². The largest absolute Gasteiger partial charge is 0.490 e. The Balaban J connectivity index is 1.77. The molecule has 0 spiro atoms. The Labute approximate surface area is 123 Å². The monoisotopic (exact) mass is 289 g/mol. The van der Waals surface area contributed by atoms with E-state index in [1.165, 1.54) is 0 Å². The molecular formula is C16H16ClNO2. The third-order valence-corrected chi connectivity index (χ3v) is 3.11. The lowest BCUT2D eigenvalue weighted by atomic mass is 10.1. The molecule has 0 saturated heterocycles. The number of carbonyl (C=O) groups excluding carboxylic acids is 1. The van der Waals surface area contributed by atoms with Gasteiger partial charge in [-0.05, 0) is 31.2 Å². The number of ether oxygens (including phenoxy) is 1. The molecule has 2 rings (SSSR count). The number of hydrogen-bond acceptors (Lipinski definition) is 2. The summed E-state index contributed by atoms with van der Waals surface area (Å²) in [5.41, 5.74) is 1.77. The molecule has 0 aromatic heterocycles. The van der Waals surface area contributed by atoms with Crippen molar-refractivity contribution in [2.45, 2.75) is 6.92 Å². The first-order valence-electron chi connectivity index (χ1n) is 6.39. The van der Waals surface area contributed by atoms with E-state index in [9.17, 15) is 4.79 Å². The van der Waals surface area contributed by atoms with Gasteiger partial charge in [0.2, 0.25) is 0 Å². The molecule has 0 radical (unpaired) electrons. The van der Waals surface area contributed by atoms with Crippen LogP contribution in [0.4, 0.5) is 0 Å². The average Bonchev–Trinajstić information content (AvgIpc) is 2.46. The van der Waals surface area contributed by atoms with Crippen molar-refractivity contribution in [3.8, 4) is 5.75 Å². The van der Waals surface area contributed by atoms with E-state index in [1.54, 1.807) is 24.3 Å². The summed E-state index contributed by atoms with van der Waals surface area (Å²) >= 11 is 5.96. The van der Waals surface area contributed by atoms with Gasteiger partial charge >= 0.3 is 0 Å². The molecule has 0 unspecified atom stereocenters. The Bertz CT molecular complexity index is 581. The summed E-state index contributed by atoms with van der Waals surface area (Å²) in [6, 6.07) is 14.7. The molecule has 0 bridgehead atoms. The second-order valence-electron chi connectivity index (χ2n) is 4.40. The SMILES string of the molecule is Cc1ccc(C(=O)NCCOc2ccccc2Cl)cc1. The number of nitrogens with one attached hydrogen (secondary N) is 1. The van der Waals surface area contributed by atoms with E-state index in [-0.39, 0.29) is 5.91 Å². The van der Waals surface area contributed by atoms with Crippen LogP contribution >= 0.6 is 11.6 Å². The van der Waals surface area contributed by atoms with Gasteiger partial charge in [0.1, 0.15) is 12.4 Å². The van der Waals surface area contributed by atoms with Crippen LogP contribution in [0.1, 0.15) is 15.9 Å². The molecule has 2 aromatic rings. The van der Waals surface area contributed by atoms with Gasteiger partial charge in [0.05, 0.1) is 11.6 Å². The van der Waals surface area contributed by atoms with Gasteiger partial charge in [0, 0.05) is 5.56 Å². The Morgan fingerprint density at radius 3 is 2.55 bits per heavy atom. The molecule has 3 nitrogen and oxygen atoms in total. The molecule has 0 aliphatic carbocycles. The lowest BCUT2D eigenvalue weighted by Gasteiger charge is -2.09. The van der Waals surface area contributed by atoms with E-state index >= 15 is 0 Å². The third-order valence-electron chi connectivity index (χ3n) is 2.80. The molecule has 20 heavy (non-hydrogen) atoms. The van der Waals surface area contributed by atoms with Gasteiger partial charge < -0.3 is 10.1 Å². The van der Waals surface area contributed by atoms with E-state index in [4.69, 9.17) is 16.3 Å². The van der Waals surface area contributed by atoms with Crippen LogP contribution in [0.2, 0.25) is 5.02 Å². The normalized spacial score (nSPS) is 10.1. The highest BCUT2D eigenvalue weighted by atomic mass is 35.5. The van der Waals surface area contributed by atoms with Crippen LogP contribution in [0.3, 0.4) is 0 Å². The van der Waals surface area contributed by atoms with Crippen LogP contribution in [0.15, 0.2) is 48.5 Å². The number of halogens is 1. The van der Waals surface area contributed by atoms with Crippen molar-refractivity contribution in [2.75, 3.05) is 13.2 Å². The molecule has 0 fully saturated rings. The number of para-hydroxylation sites is 1. The van der Waals surface area contributed by atoms with Gasteiger partial charge in [0.25, 0.3) is 5.91 Å². The smallest absolute Gasteiger partial charge is 0.251 e. The van der Waals surface area contributed by atoms with E-state index < -0.39 is 0 Å². The number of hydrogen-bond donors (Lipinski definition) is 1. The lowest BCUT2D eigenvalue weighted by Crippen LogP contribution is -2.28. The van der Waals surface area contributed by atoms with E-state index in [0.717, 1.165) is 5.56 Å². The maximum atomic E-state index is 11.8. The fourth-order valence-electron chi connectivity index (χ4n) is 1.69. The zero-order valence-electron chi connectivity index (χ0n) is 11.2. The highest BCUT2D eigenvalue weighted by Gasteiger charge is 2.04. The Morgan fingerprint density at radius 1 is 1.15 bits per heavy atom. The number of carbonyl (C=O) groups is 1. The maximum absolute atomic E-state index is 11.8. The molecule has 1 N–H and O–H groups in total. The van der Waals surface area contributed by atoms with Gasteiger partial charge in [-0.3, -0.25) is 4.79 Å². The second-order valence-corrected chi connectivity index (χ2v) is 4.81. The summed E-state index contributed by atoms with van der Waals surface area (Å²) in [6.07, 6.45) is 0. The molecule has 1 amide bonds. The van der Waals surface area contributed by atoms with Crippen LogP contribution in [0.25, 0.3) is 0 Å². The number of rotatable bonds is 5. The molecule has 0 heterocycles. The number of aryl methyl sites for hydroxylation is 1. The minimum Gasteiger partial charge on any atom is -0.490 e. The minimum atomic E-state index is -0.104. The Kier molecular flexibility index (Phi) is 5.02. The van der Waals surface area contributed by atoms with Crippen LogP contribution in [0, 0.1) is 6.92 Å².